The summed E-state index contributed by atoms with van der Waals surface area (Å²) in [6, 6.07) is 8.96. The molecule has 3 nitrogen and oxygen atoms in total. The molecule has 3 heteroatoms. The number of benzene rings is 1. The molecule has 0 amide bonds. The van der Waals surface area contributed by atoms with Crippen molar-refractivity contribution in [3.63, 3.8) is 0 Å². The SMILES string of the molecule is CCOC(=O)C(C(=O)c1ccccc1)C(CC)CC. The van der Waals surface area contributed by atoms with Gasteiger partial charge in [0.15, 0.2) is 5.78 Å². The van der Waals surface area contributed by atoms with Gasteiger partial charge in [-0.05, 0) is 12.8 Å². The first-order valence-electron chi connectivity index (χ1n) is 6.91. The second-order valence-electron chi connectivity index (χ2n) is 4.54. The number of ketones is 1. The molecule has 0 aromatic heterocycles. The minimum absolute atomic E-state index is 0.0340. The predicted molar refractivity (Wildman–Crippen MR) is 75.0 cm³/mol. The lowest BCUT2D eigenvalue weighted by Crippen LogP contribution is -2.32. The number of hydrogen-bond donors (Lipinski definition) is 0. The van der Waals surface area contributed by atoms with Gasteiger partial charge in [-0.3, -0.25) is 9.59 Å². The Labute approximate surface area is 115 Å². The molecule has 1 atom stereocenters. The Kier molecular flexibility index (Phi) is 6.26. The van der Waals surface area contributed by atoms with Gasteiger partial charge in [-0.25, -0.2) is 0 Å². The van der Waals surface area contributed by atoms with Crippen molar-refractivity contribution >= 4 is 11.8 Å². The Morgan fingerprint density at radius 3 is 2.11 bits per heavy atom. The summed E-state index contributed by atoms with van der Waals surface area (Å²) in [6.45, 7) is 6.06. The molecule has 0 aliphatic rings. The topological polar surface area (TPSA) is 43.4 Å². The molecule has 1 rings (SSSR count). The zero-order valence-electron chi connectivity index (χ0n) is 11.9. The Bertz CT molecular complexity index is 407. The molecule has 1 aromatic carbocycles. The van der Waals surface area contributed by atoms with Gasteiger partial charge >= 0.3 is 5.97 Å². The monoisotopic (exact) mass is 262 g/mol. The first-order valence-corrected chi connectivity index (χ1v) is 6.91. The molecule has 0 N–H and O–H groups in total. The number of hydrogen-bond acceptors (Lipinski definition) is 3. The molecular weight excluding hydrogens is 240 g/mol. The smallest absolute Gasteiger partial charge is 0.317 e. The predicted octanol–water partition coefficient (Wildman–Crippen LogP) is 3.48. The zero-order chi connectivity index (χ0) is 14.3. The molecule has 1 unspecified atom stereocenters. The fourth-order valence-electron chi connectivity index (χ4n) is 2.29. The highest BCUT2D eigenvalue weighted by molar-refractivity contribution is 6.08. The van der Waals surface area contributed by atoms with Crippen molar-refractivity contribution in [2.24, 2.45) is 11.8 Å². The van der Waals surface area contributed by atoms with Crippen molar-refractivity contribution in [1.29, 1.82) is 0 Å². The third kappa shape index (κ3) is 3.91. The molecule has 0 fully saturated rings. The van der Waals surface area contributed by atoms with E-state index >= 15 is 0 Å². The van der Waals surface area contributed by atoms with E-state index in [1.165, 1.54) is 0 Å². The van der Waals surface area contributed by atoms with Crippen LogP contribution in [0.15, 0.2) is 30.3 Å². The van der Waals surface area contributed by atoms with Crippen molar-refractivity contribution in [3.05, 3.63) is 35.9 Å². The second kappa shape index (κ2) is 7.72. The van der Waals surface area contributed by atoms with Gasteiger partial charge in [-0.2, -0.15) is 0 Å². The van der Waals surface area contributed by atoms with Crippen LogP contribution in [-0.4, -0.2) is 18.4 Å². The van der Waals surface area contributed by atoms with Crippen LogP contribution in [0.3, 0.4) is 0 Å². The molecule has 0 spiro atoms. The van der Waals surface area contributed by atoms with Crippen molar-refractivity contribution in [2.45, 2.75) is 33.6 Å². The normalized spacial score (nSPS) is 12.2. The van der Waals surface area contributed by atoms with Crippen molar-refractivity contribution in [1.82, 2.24) is 0 Å². The number of ether oxygens (including phenoxy) is 1. The van der Waals surface area contributed by atoms with E-state index in [9.17, 15) is 9.59 Å². The van der Waals surface area contributed by atoms with E-state index in [0.29, 0.717) is 12.2 Å². The lowest BCUT2D eigenvalue weighted by molar-refractivity contribution is -0.148. The molecule has 19 heavy (non-hydrogen) atoms. The molecule has 0 saturated heterocycles. The molecule has 0 aliphatic heterocycles. The Morgan fingerprint density at radius 2 is 1.63 bits per heavy atom. The van der Waals surface area contributed by atoms with Gasteiger partial charge in [0, 0.05) is 5.56 Å². The summed E-state index contributed by atoms with van der Waals surface area (Å²) in [5.41, 5.74) is 0.576. The molecule has 0 heterocycles. The quantitative estimate of drug-likeness (QED) is 0.429. The summed E-state index contributed by atoms with van der Waals surface area (Å²) in [4.78, 5) is 24.6. The molecular formula is C16H22O3. The highest BCUT2D eigenvalue weighted by Crippen LogP contribution is 2.25. The van der Waals surface area contributed by atoms with E-state index < -0.39 is 11.9 Å². The van der Waals surface area contributed by atoms with Gasteiger partial charge in [0.25, 0.3) is 0 Å². The van der Waals surface area contributed by atoms with E-state index in [4.69, 9.17) is 4.74 Å². The van der Waals surface area contributed by atoms with Crippen LogP contribution < -0.4 is 0 Å². The van der Waals surface area contributed by atoms with Gasteiger partial charge in [-0.1, -0.05) is 57.0 Å². The van der Waals surface area contributed by atoms with Crippen LogP contribution in [0.1, 0.15) is 44.0 Å². The standard InChI is InChI=1S/C16H22O3/c1-4-12(5-2)14(16(18)19-6-3)15(17)13-10-8-7-9-11-13/h7-12,14H,4-6H2,1-3H3. The highest BCUT2D eigenvalue weighted by atomic mass is 16.5. The average Bonchev–Trinajstić information content (AvgIpc) is 2.45. The highest BCUT2D eigenvalue weighted by Gasteiger charge is 2.34. The maximum Gasteiger partial charge on any atom is 0.317 e. The molecule has 0 aliphatic carbocycles. The van der Waals surface area contributed by atoms with Crippen LogP contribution >= 0.6 is 0 Å². The van der Waals surface area contributed by atoms with Crippen LogP contribution in [0, 0.1) is 11.8 Å². The number of carbonyl (C=O) groups excluding carboxylic acids is 2. The zero-order valence-corrected chi connectivity index (χ0v) is 11.9. The van der Waals surface area contributed by atoms with Gasteiger partial charge in [-0.15, -0.1) is 0 Å². The molecule has 1 aromatic rings. The van der Waals surface area contributed by atoms with Crippen LogP contribution in [-0.2, 0) is 9.53 Å². The second-order valence-corrected chi connectivity index (χ2v) is 4.54. The Hall–Kier alpha value is -1.64. The van der Waals surface area contributed by atoms with Crippen molar-refractivity contribution in [2.75, 3.05) is 6.61 Å². The number of rotatable bonds is 7. The minimum Gasteiger partial charge on any atom is -0.465 e. The van der Waals surface area contributed by atoms with Crippen LogP contribution in [0.25, 0.3) is 0 Å². The number of Topliss-reactive ketones (excluding diaryl/α,β-unsaturated/α-hetero) is 1. The molecule has 0 radical (unpaired) electrons. The molecule has 0 bridgehead atoms. The van der Waals surface area contributed by atoms with Gasteiger partial charge in [0.05, 0.1) is 6.61 Å². The molecule has 104 valence electrons. The van der Waals surface area contributed by atoms with Crippen LogP contribution in [0.4, 0.5) is 0 Å². The van der Waals surface area contributed by atoms with Gasteiger partial charge in [0.1, 0.15) is 5.92 Å². The summed E-state index contributed by atoms with van der Waals surface area (Å²) in [7, 11) is 0. The van der Waals surface area contributed by atoms with Crippen molar-refractivity contribution in [3.8, 4) is 0 Å². The largest absolute Gasteiger partial charge is 0.465 e. The number of carbonyl (C=O) groups is 2. The summed E-state index contributed by atoms with van der Waals surface area (Å²) in [6.07, 6.45) is 1.58. The maximum atomic E-state index is 12.5. The third-order valence-electron chi connectivity index (χ3n) is 3.40. The summed E-state index contributed by atoms with van der Waals surface area (Å²) in [5.74, 6) is -1.18. The Balaban J connectivity index is 3.02. The van der Waals surface area contributed by atoms with E-state index in [1.54, 1.807) is 19.1 Å². The fraction of sp³-hybridized carbons (Fsp3) is 0.500. The fourth-order valence-corrected chi connectivity index (χ4v) is 2.29. The first-order chi connectivity index (χ1) is 9.15. The van der Waals surface area contributed by atoms with Crippen LogP contribution in [0.2, 0.25) is 0 Å². The van der Waals surface area contributed by atoms with Gasteiger partial charge in [0.2, 0.25) is 0 Å². The molecule has 0 saturated carbocycles. The summed E-state index contributed by atoms with van der Waals surface area (Å²) in [5, 5.41) is 0. The lowest BCUT2D eigenvalue weighted by atomic mass is 9.82. The average molecular weight is 262 g/mol. The third-order valence-corrected chi connectivity index (χ3v) is 3.40. The lowest BCUT2D eigenvalue weighted by Gasteiger charge is -2.22. The van der Waals surface area contributed by atoms with Gasteiger partial charge < -0.3 is 4.74 Å². The maximum absolute atomic E-state index is 12.5. The van der Waals surface area contributed by atoms with E-state index in [0.717, 1.165) is 12.8 Å². The van der Waals surface area contributed by atoms with Crippen LogP contribution in [0.5, 0.6) is 0 Å². The van der Waals surface area contributed by atoms with Crippen molar-refractivity contribution < 1.29 is 14.3 Å². The van der Waals surface area contributed by atoms with E-state index in [1.807, 2.05) is 32.0 Å². The van der Waals surface area contributed by atoms with E-state index in [2.05, 4.69) is 0 Å². The summed E-state index contributed by atoms with van der Waals surface area (Å²) >= 11 is 0. The minimum atomic E-state index is -0.683. The Morgan fingerprint density at radius 1 is 1.05 bits per heavy atom. The first kappa shape index (κ1) is 15.4. The number of esters is 1. The summed E-state index contributed by atoms with van der Waals surface area (Å²) < 4.78 is 5.07. The van der Waals surface area contributed by atoms with E-state index in [-0.39, 0.29) is 11.7 Å².